The SMILES string of the molecule is CCN(CC)CCC1CNCCN1N1CN=Cc2nc(-c3ccc(OC)c(OC)c3)cnc21. The minimum atomic E-state index is 0.396. The molecule has 2 aliphatic heterocycles. The van der Waals surface area contributed by atoms with Gasteiger partial charge in [0.2, 0.25) is 0 Å². The number of nitrogens with one attached hydrogen (secondary N) is 1. The van der Waals surface area contributed by atoms with Gasteiger partial charge in [0.05, 0.1) is 32.3 Å². The van der Waals surface area contributed by atoms with Crippen molar-refractivity contribution in [2.45, 2.75) is 26.3 Å². The van der Waals surface area contributed by atoms with E-state index < -0.39 is 0 Å². The lowest BCUT2D eigenvalue weighted by Gasteiger charge is -2.44. The highest BCUT2D eigenvalue weighted by atomic mass is 16.5. The van der Waals surface area contributed by atoms with E-state index in [2.05, 4.69) is 39.1 Å². The number of hydrazine groups is 1. The number of anilines is 1. The number of rotatable bonds is 9. The molecule has 0 radical (unpaired) electrons. The number of piperazine rings is 1. The Bertz CT molecular complexity index is 964. The Morgan fingerprint density at radius 1 is 1.15 bits per heavy atom. The van der Waals surface area contributed by atoms with Gasteiger partial charge in [0.15, 0.2) is 17.3 Å². The van der Waals surface area contributed by atoms with Gasteiger partial charge in [-0.05, 0) is 44.3 Å². The molecule has 0 amide bonds. The first-order valence-corrected chi connectivity index (χ1v) is 11.7. The monoisotopic (exact) mass is 453 g/mol. The van der Waals surface area contributed by atoms with Crippen molar-refractivity contribution in [2.75, 3.05) is 65.2 Å². The fraction of sp³-hybridized carbons (Fsp3) is 0.542. The number of hydrogen-bond acceptors (Lipinski definition) is 9. The van der Waals surface area contributed by atoms with Gasteiger partial charge in [-0.25, -0.2) is 15.0 Å². The second-order valence-corrected chi connectivity index (χ2v) is 8.22. The average Bonchev–Trinajstić information content (AvgIpc) is 2.88. The van der Waals surface area contributed by atoms with Crippen molar-refractivity contribution in [1.82, 2.24) is 25.2 Å². The van der Waals surface area contributed by atoms with E-state index in [0.717, 1.165) is 68.5 Å². The summed E-state index contributed by atoms with van der Waals surface area (Å²) in [6.45, 7) is 11.1. The van der Waals surface area contributed by atoms with Crippen molar-refractivity contribution >= 4 is 12.0 Å². The number of methoxy groups -OCH3 is 2. The van der Waals surface area contributed by atoms with Crippen LogP contribution in [-0.4, -0.2) is 92.3 Å². The molecular weight excluding hydrogens is 418 g/mol. The van der Waals surface area contributed by atoms with Crippen LogP contribution in [0.4, 0.5) is 5.82 Å². The molecule has 9 heteroatoms. The molecule has 1 atom stereocenters. The molecule has 0 saturated carbocycles. The zero-order valence-corrected chi connectivity index (χ0v) is 20.1. The summed E-state index contributed by atoms with van der Waals surface area (Å²) in [4.78, 5) is 16.8. The van der Waals surface area contributed by atoms with Crippen molar-refractivity contribution in [1.29, 1.82) is 0 Å². The van der Waals surface area contributed by atoms with Crippen LogP contribution in [0.15, 0.2) is 29.4 Å². The Labute approximate surface area is 196 Å². The average molecular weight is 454 g/mol. The highest BCUT2D eigenvalue weighted by Gasteiger charge is 2.31. The summed E-state index contributed by atoms with van der Waals surface area (Å²) in [6, 6.07) is 6.17. The van der Waals surface area contributed by atoms with Crippen LogP contribution in [0.5, 0.6) is 11.5 Å². The molecule has 4 rings (SSSR count). The summed E-state index contributed by atoms with van der Waals surface area (Å²) in [5.74, 6) is 2.22. The Balaban J connectivity index is 1.57. The summed E-state index contributed by atoms with van der Waals surface area (Å²) in [5.41, 5.74) is 2.49. The Kier molecular flexibility index (Phi) is 7.74. The molecule has 33 heavy (non-hydrogen) atoms. The lowest BCUT2D eigenvalue weighted by Crippen LogP contribution is -2.60. The summed E-state index contributed by atoms with van der Waals surface area (Å²) in [5, 5.41) is 8.19. The van der Waals surface area contributed by atoms with Crippen molar-refractivity contribution in [3.05, 3.63) is 30.1 Å². The number of nitrogens with zero attached hydrogens (tertiary/aromatic N) is 6. The second kappa shape index (κ2) is 10.9. The molecule has 1 aromatic heterocycles. The maximum Gasteiger partial charge on any atom is 0.172 e. The van der Waals surface area contributed by atoms with Gasteiger partial charge in [0.1, 0.15) is 12.4 Å². The van der Waals surface area contributed by atoms with Crippen LogP contribution in [-0.2, 0) is 0 Å². The van der Waals surface area contributed by atoms with Gasteiger partial charge in [-0.15, -0.1) is 0 Å². The van der Waals surface area contributed by atoms with Crippen LogP contribution < -0.4 is 19.8 Å². The van der Waals surface area contributed by atoms with Gasteiger partial charge >= 0.3 is 0 Å². The lowest BCUT2D eigenvalue weighted by atomic mass is 10.1. The first kappa shape index (κ1) is 23.4. The molecule has 9 nitrogen and oxygen atoms in total. The molecular formula is C24H35N7O2. The summed E-state index contributed by atoms with van der Waals surface area (Å²) >= 11 is 0. The van der Waals surface area contributed by atoms with Crippen molar-refractivity contribution in [2.24, 2.45) is 4.99 Å². The predicted octanol–water partition coefficient (Wildman–Crippen LogP) is 2.28. The smallest absolute Gasteiger partial charge is 0.172 e. The lowest BCUT2D eigenvalue weighted by molar-refractivity contribution is 0.123. The molecule has 1 saturated heterocycles. The maximum atomic E-state index is 5.45. The van der Waals surface area contributed by atoms with E-state index in [1.807, 2.05) is 30.6 Å². The minimum absolute atomic E-state index is 0.396. The van der Waals surface area contributed by atoms with E-state index >= 15 is 0 Å². The topological polar surface area (TPSA) is 78.4 Å². The highest BCUT2D eigenvalue weighted by molar-refractivity contribution is 5.86. The summed E-state index contributed by atoms with van der Waals surface area (Å²) in [6.07, 6.45) is 4.76. The predicted molar refractivity (Wildman–Crippen MR) is 131 cm³/mol. The van der Waals surface area contributed by atoms with E-state index in [-0.39, 0.29) is 0 Å². The van der Waals surface area contributed by atoms with Gasteiger partial charge in [0.25, 0.3) is 0 Å². The van der Waals surface area contributed by atoms with Crippen LogP contribution in [0, 0.1) is 0 Å². The van der Waals surface area contributed by atoms with Crippen LogP contribution in [0.25, 0.3) is 11.3 Å². The number of hydrogen-bond donors (Lipinski definition) is 1. The molecule has 178 valence electrons. The molecule has 0 bridgehead atoms. The van der Waals surface area contributed by atoms with Gasteiger partial charge < -0.3 is 19.7 Å². The van der Waals surface area contributed by atoms with E-state index in [0.29, 0.717) is 24.2 Å². The van der Waals surface area contributed by atoms with Gasteiger partial charge in [-0.1, -0.05) is 13.8 Å². The van der Waals surface area contributed by atoms with Crippen LogP contribution >= 0.6 is 0 Å². The van der Waals surface area contributed by atoms with Crippen LogP contribution in [0.2, 0.25) is 0 Å². The zero-order valence-electron chi connectivity index (χ0n) is 20.1. The third-order valence-electron chi connectivity index (χ3n) is 6.43. The molecule has 0 aliphatic carbocycles. The highest BCUT2D eigenvalue weighted by Crippen LogP contribution is 2.32. The van der Waals surface area contributed by atoms with Crippen molar-refractivity contribution in [3.63, 3.8) is 0 Å². The normalized spacial score (nSPS) is 18.5. The molecule has 2 aliphatic rings. The molecule has 2 aromatic rings. The summed E-state index contributed by atoms with van der Waals surface area (Å²) < 4.78 is 10.8. The molecule has 0 spiro atoms. The van der Waals surface area contributed by atoms with Crippen molar-refractivity contribution in [3.8, 4) is 22.8 Å². The standard InChI is InChI=1S/C24H35N7O2/c1-5-29(6-2)11-9-19-14-25-10-12-30(19)31-17-26-15-21-24(31)27-16-20(28-21)18-7-8-22(32-3)23(13-18)33-4/h7-8,13,15-16,19,25H,5-6,9-12,14,17H2,1-4H3. The minimum Gasteiger partial charge on any atom is -0.493 e. The quantitative estimate of drug-likeness (QED) is 0.620. The van der Waals surface area contributed by atoms with Crippen LogP contribution in [0.1, 0.15) is 26.0 Å². The van der Waals surface area contributed by atoms with E-state index in [1.165, 1.54) is 0 Å². The Morgan fingerprint density at radius 2 is 1.97 bits per heavy atom. The summed E-state index contributed by atoms with van der Waals surface area (Å²) in [7, 11) is 3.27. The largest absolute Gasteiger partial charge is 0.493 e. The molecule has 1 aromatic carbocycles. The number of aliphatic imine (C=N–C) groups is 1. The fourth-order valence-corrected chi connectivity index (χ4v) is 4.48. The van der Waals surface area contributed by atoms with Gasteiger partial charge in [-0.2, -0.15) is 0 Å². The number of aromatic nitrogens is 2. The molecule has 3 heterocycles. The second-order valence-electron chi connectivity index (χ2n) is 8.22. The third kappa shape index (κ3) is 5.10. The number of ether oxygens (including phenoxy) is 2. The first-order chi connectivity index (χ1) is 16.2. The van der Waals surface area contributed by atoms with Gasteiger partial charge in [0, 0.05) is 31.2 Å². The molecule has 1 fully saturated rings. The number of benzene rings is 1. The molecule has 1 N–H and O–H groups in total. The van der Waals surface area contributed by atoms with Crippen molar-refractivity contribution < 1.29 is 9.47 Å². The fourth-order valence-electron chi connectivity index (χ4n) is 4.48. The van der Waals surface area contributed by atoms with E-state index in [4.69, 9.17) is 19.4 Å². The van der Waals surface area contributed by atoms with E-state index in [9.17, 15) is 0 Å². The molecule has 1 unspecified atom stereocenters. The Morgan fingerprint density at radius 3 is 2.73 bits per heavy atom. The van der Waals surface area contributed by atoms with Gasteiger partial charge in [-0.3, -0.25) is 10.0 Å². The van der Waals surface area contributed by atoms with E-state index in [1.54, 1.807) is 14.2 Å². The van der Waals surface area contributed by atoms with Crippen LogP contribution in [0.3, 0.4) is 0 Å². The third-order valence-corrected chi connectivity index (χ3v) is 6.43. The zero-order chi connectivity index (χ0) is 23.2. The maximum absolute atomic E-state index is 5.45. The first-order valence-electron chi connectivity index (χ1n) is 11.7. The number of fused-ring (bicyclic) bond motifs is 1. The Hall–Kier alpha value is -2.75.